The van der Waals surface area contributed by atoms with Gasteiger partial charge in [-0.2, -0.15) is 0 Å². The van der Waals surface area contributed by atoms with Gasteiger partial charge in [-0.1, -0.05) is 78.9 Å². The summed E-state index contributed by atoms with van der Waals surface area (Å²) in [6.07, 6.45) is 0. The van der Waals surface area contributed by atoms with Gasteiger partial charge < -0.3 is 4.57 Å². The molecule has 2 aromatic heterocycles. The average molecular weight is 444 g/mol. The Balaban J connectivity index is 1.63. The van der Waals surface area contributed by atoms with Crippen LogP contribution in [0, 0.1) is 0 Å². The third-order valence-electron chi connectivity index (χ3n) is 8.12. The third-order valence-corrected chi connectivity index (χ3v) is 8.12. The second-order valence-corrected chi connectivity index (χ2v) is 9.67. The van der Waals surface area contributed by atoms with E-state index in [1.807, 2.05) is 28.8 Å². The Kier molecular flexibility index (Phi) is 3.02. The normalized spacial score (nSPS) is 13.2. The number of pyridine rings is 1. The van der Waals surface area contributed by atoms with E-state index in [2.05, 4.69) is 83.4 Å². The van der Waals surface area contributed by atoms with Crippen LogP contribution in [0.25, 0.3) is 54.9 Å². The number of rotatable bonds is 0. The van der Waals surface area contributed by atoms with Gasteiger partial charge in [0.25, 0.3) is 12.3 Å². The lowest BCUT2D eigenvalue weighted by Gasteiger charge is -2.34. The van der Waals surface area contributed by atoms with Crippen molar-refractivity contribution in [2.45, 2.75) is 0 Å². The minimum absolute atomic E-state index is 0.0498. The van der Waals surface area contributed by atoms with E-state index in [1.165, 1.54) is 43.9 Å². The summed E-state index contributed by atoms with van der Waals surface area (Å²) in [5.41, 5.74) is 9.45. The molecule has 4 heteroatoms. The smallest absolute Gasteiger partial charge is 0.263 e. The minimum Gasteiger partial charge on any atom is -0.310 e. The molecule has 0 N–H and O–H groups in total. The summed E-state index contributed by atoms with van der Waals surface area (Å²) in [5, 5.41) is 5.46. The van der Waals surface area contributed by atoms with Gasteiger partial charge in [0.15, 0.2) is 0 Å². The van der Waals surface area contributed by atoms with E-state index in [9.17, 15) is 4.79 Å². The van der Waals surface area contributed by atoms with Crippen molar-refractivity contribution in [3.05, 3.63) is 113 Å². The first-order chi connectivity index (χ1) is 17.3. The molecule has 160 valence electrons. The number of benzene rings is 5. The van der Waals surface area contributed by atoms with E-state index in [1.54, 1.807) is 0 Å². The molecule has 0 bridgehead atoms. The fraction of sp³-hybridized carbons (Fsp3) is 0. The van der Waals surface area contributed by atoms with Crippen molar-refractivity contribution in [1.82, 2.24) is 9.13 Å². The fourth-order valence-electron chi connectivity index (χ4n) is 6.83. The molecule has 5 aromatic carbocycles. The van der Waals surface area contributed by atoms with Crippen LogP contribution < -0.4 is 21.9 Å². The van der Waals surface area contributed by atoms with Crippen LogP contribution in [-0.2, 0) is 0 Å². The largest absolute Gasteiger partial charge is 0.310 e. The second-order valence-electron chi connectivity index (χ2n) is 9.67. The Bertz CT molecular complexity index is 2150. The first-order valence-corrected chi connectivity index (χ1v) is 12.0. The quantitative estimate of drug-likeness (QED) is 0.252. The second kappa shape index (κ2) is 5.91. The molecule has 7 aromatic rings. The van der Waals surface area contributed by atoms with E-state index < -0.39 is 0 Å². The highest BCUT2D eigenvalue weighted by Gasteiger charge is 2.40. The van der Waals surface area contributed by atoms with Gasteiger partial charge in [-0.3, -0.25) is 9.36 Å². The molecule has 2 aliphatic heterocycles. The van der Waals surface area contributed by atoms with Gasteiger partial charge in [0.1, 0.15) is 0 Å². The van der Waals surface area contributed by atoms with Crippen molar-refractivity contribution < 1.29 is 0 Å². The number of aromatic nitrogens is 2. The molecule has 0 aliphatic carbocycles. The lowest BCUT2D eigenvalue weighted by molar-refractivity contribution is 1.06. The highest BCUT2D eigenvalue weighted by Crippen LogP contribution is 2.36. The highest BCUT2D eigenvalue weighted by molar-refractivity contribution is 7.00. The lowest BCUT2D eigenvalue weighted by atomic mass is 9.34. The van der Waals surface area contributed by atoms with Crippen LogP contribution in [0.1, 0.15) is 0 Å². The maximum absolute atomic E-state index is 14.0. The summed E-state index contributed by atoms with van der Waals surface area (Å²) in [6, 6.07) is 36.3. The monoisotopic (exact) mass is 444 g/mol. The summed E-state index contributed by atoms with van der Waals surface area (Å²) in [7, 11) is 0. The summed E-state index contributed by atoms with van der Waals surface area (Å²) in [5.74, 6) is 0. The Morgan fingerprint density at radius 3 is 2.09 bits per heavy atom. The Hall–Kier alpha value is -4.57. The van der Waals surface area contributed by atoms with Gasteiger partial charge in [0.05, 0.1) is 11.0 Å². The first kappa shape index (κ1) is 17.9. The van der Waals surface area contributed by atoms with Crippen LogP contribution in [0.15, 0.2) is 108 Å². The predicted molar refractivity (Wildman–Crippen MR) is 146 cm³/mol. The van der Waals surface area contributed by atoms with Crippen molar-refractivity contribution in [1.29, 1.82) is 0 Å². The standard InChI is InChI=1S/C31H17BN2O/c35-31-22-10-2-1-8-18(22)21-16-17-27-28-30(21)34(31)26-15-6-4-12-23(26)32(28)24-13-7-11-20-19-9-3-5-14-25(19)33(27)29(20)24/h1-17H. The van der Waals surface area contributed by atoms with Gasteiger partial charge in [-0.25, -0.2) is 0 Å². The molecule has 0 unspecified atom stereocenters. The van der Waals surface area contributed by atoms with Crippen LogP contribution in [0.5, 0.6) is 0 Å². The molecule has 0 radical (unpaired) electrons. The van der Waals surface area contributed by atoms with Crippen molar-refractivity contribution in [3.63, 3.8) is 0 Å². The SMILES string of the molecule is O=c1c2ccccc2c2ccc3c4c2n1-c1ccccc1B4c1cccc2c4ccccc4n-3c12. The molecule has 0 atom stereocenters. The summed E-state index contributed by atoms with van der Waals surface area (Å²) in [4.78, 5) is 14.0. The van der Waals surface area contributed by atoms with Gasteiger partial charge in [-0.15, -0.1) is 0 Å². The predicted octanol–water partition coefficient (Wildman–Crippen LogP) is 4.38. The minimum atomic E-state index is 0.0498. The molecule has 2 aliphatic rings. The van der Waals surface area contributed by atoms with Gasteiger partial charge >= 0.3 is 0 Å². The van der Waals surface area contributed by atoms with E-state index in [-0.39, 0.29) is 12.3 Å². The molecule has 35 heavy (non-hydrogen) atoms. The molecular formula is C31H17BN2O. The third kappa shape index (κ3) is 1.92. The molecule has 0 amide bonds. The van der Waals surface area contributed by atoms with Crippen molar-refractivity contribution in [3.8, 4) is 11.4 Å². The van der Waals surface area contributed by atoms with Crippen LogP contribution >= 0.6 is 0 Å². The maximum Gasteiger partial charge on any atom is 0.263 e. The highest BCUT2D eigenvalue weighted by atomic mass is 16.1. The molecule has 0 saturated heterocycles. The molecule has 3 nitrogen and oxygen atoms in total. The zero-order chi connectivity index (χ0) is 22.8. The van der Waals surface area contributed by atoms with Crippen LogP contribution in [-0.4, -0.2) is 15.8 Å². The van der Waals surface area contributed by atoms with E-state index in [0.717, 1.165) is 27.4 Å². The Morgan fingerprint density at radius 1 is 0.486 bits per heavy atom. The number of para-hydroxylation sites is 3. The van der Waals surface area contributed by atoms with Gasteiger partial charge in [0, 0.05) is 38.4 Å². The summed E-state index contributed by atoms with van der Waals surface area (Å²) < 4.78 is 4.39. The summed E-state index contributed by atoms with van der Waals surface area (Å²) in [6.45, 7) is 0.0750. The van der Waals surface area contributed by atoms with Gasteiger partial charge in [0.2, 0.25) is 0 Å². The number of fused-ring (bicyclic) bond motifs is 10. The fourth-order valence-corrected chi connectivity index (χ4v) is 6.83. The Morgan fingerprint density at radius 2 is 1.17 bits per heavy atom. The number of hydrogen-bond acceptors (Lipinski definition) is 1. The average Bonchev–Trinajstić information content (AvgIpc) is 3.26. The van der Waals surface area contributed by atoms with Crippen LogP contribution in [0.2, 0.25) is 0 Å². The van der Waals surface area contributed by atoms with Crippen molar-refractivity contribution in [2.75, 3.05) is 0 Å². The molecular weight excluding hydrogens is 427 g/mol. The molecule has 0 fully saturated rings. The van der Waals surface area contributed by atoms with E-state index >= 15 is 0 Å². The zero-order valence-electron chi connectivity index (χ0n) is 18.7. The topological polar surface area (TPSA) is 26.9 Å². The van der Waals surface area contributed by atoms with Crippen molar-refractivity contribution in [2.24, 2.45) is 0 Å². The van der Waals surface area contributed by atoms with Crippen LogP contribution in [0.3, 0.4) is 0 Å². The summed E-state index contributed by atoms with van der Waals surface area (Å²) >= 11 is 0. The Labute approximate surface area is 200 Å². The van der Waals surface area contributed by atoms with Crippen molar-refractivity contribution >= 4 is 66.6 Å². The number of hydrogen-bond donors (Lipinski definition) is 0. The molecule has 9 rings (SSSR count). The molecule has 0 spiro atoms. The van der Waals surface area contributed by atoms with Crippen LogP contribution in [0.4, 0.5) is 0 Å². The van der Waals surface area contributed by atoms with E-state index in [0.29, 0.717) is 0 Å². The first-order valence-electron chi connectivity index (χ1n) is 12.0. The zero-order valence-corrected chi connectivity index (χ0v) is 18.7. The lowest BCUT2D eigenvalue weighted by Crippen LogP contribution is -2.60. The molecule has 0 saturated carbocycles. The van der Waals surface area contributed by atoms with Gasteiger partial charge in [-0.05, 0) is 46.0 Å². The molecule has 4 heterocycles. The number of nitrogens with zero attached hydrogens (tertiary/aromatic N) is 2. The maximum atomic E-state index is 14.0. The van der Waals surface area contributed by atoms with E-state index in [4.69, 9.17) is 0 Å².